The number of carbonyl (C=O) groups is 1. The third-order valence-electron chi connectivity index (χ3n) is 6.04. The van der Waals surface area contributed by atoms with Crippen LogP contribution in [0.5, 0.6) is 11.5 Å². The number of nitrogens with zero attached hydrogens (tertiary/aromatic N) is 1. The number of hydrogen-bond donors (Lipinski definition) is 1. The van der Waals surface area contributed by atoms with Crippen LogP contribution in [0.4, 0.5) is 0 Å². The first-order valence-electron chi connectivity index (χ1n) is 11.3. The molecule has 0 amide bonds. The maximum absolute atomic E-state index is 11.6. The van der Waals surface area contributed by atoms with Gasteiger partial charge >= 0.3 is 5.97 Å². The van der Waals surface area contributed by atoms with Crippen LogP contribution >= 0.6 is 11.8 Å². The van der Waals surface area contributed by atoms with Crippen molar-refractivity contribution in [3.8, 4) is 11.5 Å². The van der Waals surface area contributed by atoms with Crippen LogP contribution in [-0.4, -0.2) is 28.2 Å². The summed E-state index contributed by atoms with van der Waals surface area (Å²) in [6, 6.07) is 12.5. The maximum atomic E-state index is 11.6. The number of carbonyl (C=O) groups excluding carboxylic acids is 1. The lowest BCUT2D eigenvalue weighted by Crippen LogP contribution is -2.57. The Morgan fingerprint density at radius 3 is 2.70 bits per heavy atom. The number of thioether (sulfide) groups is 1. The average Bonchev–Trinajstić information content (AvgIpc) is 2.70. The molecule has 6 heteroatoms. The van der Waals surface area contributed by atoms with Crippen LogP contribution in [0.3, 0.4) is 0 Å². The van der Waals surface area contributed by atoms with Crippen molar-refractivity contribution >= 4 is 22.9 Å². The molecule has 2 aromatic rings. The Kier molecular flexibility index (Phi) is 6.32. The predicted molar refractivity (Wildman–Crippen MR) is 135 cm³/mol. The summed E-state index contributed by atoms with van der Waals surface area (Å²) in [5.41, 5.74) is 3.73. The first-order chi connectivity index (χ1) is 15.6. The number of aliphatic imine (C=N–C) groups is 1. The van der Waals surface area contributed by atoms with E-state index in [9.17, 15) is 4.79 Å². The fraction of sp³-hybridized carbons (Fsp3) is 0.407. The molecule has 0 saturated heterocycles. The van der Waals surface area contributed by atoms with Gasteiger partial charge in [-0.15, -0.1) is 6.58 Å². The van der Waals surface area contributed by atoms with Gasteiger partial charge in [-0.25, -0.2) is 4.99 Å². The molecule has 4 rings (SSSR count). The van der Waals surface area contributed by atoms with E-state index in [1.54, 1.807) is 11.8 Å². The highest BCUT2D eigenvalue weighted by Crippen LogP contribution is 2.51. The maximum Gasteiger partial charge on any atom is 0.308 e. The molecular weight excluding hydrogens is 432 g/mol. The van der Waals surface area contributed by atoms with Crippen LogP contribution in [0.2, 0.25) is 0 Å². The molecule has 2 atom stereocenters. The van der Waals surface area contributed by atoms with Gasteiger partial charge in [0, 0.05) is 48.6 Å². The fourth-order valence-corrected chi connectivity index (χ4v) is 5.76. The van der Waals surface area contributed by atoms with E-state index in [1.165, 1.54) is 18.1 Å². The molecule has 33 heavy (non-hydrogen) atoms. The average molecular weight is 465 g/mol. The largest absolute Gasteiger partial charge is 0.466 e. The van der Waals surface area contributed by atoms with Crippen molar-refractivity contribution < 1.29 is 14.3 Å². The summed E-state index contributed by atoms with van der Waals surface area (Å²) in [7, 11) is 0. The highest BCUT2D eigenvalue weighted by atomic mass is 32.2. The lowest BCUT2D eigenvalue weighted by Gasteiger charge is -2.47. The first-order valence-corrected chi connectivity index (χ1v) is 12.3. The molecule has 0 unspecified atom stereocenters. The molecule has 2 aromatic carbocycles. The summed E-state index contributed by atoms with van der Waals surface area (Å²) >= 11 is 1.63. The molecule has 2 aliphatic rings. The lowest BCUT2D eigenvalue weighted by molar-refractivity contribution is -0.131. The van der Waals surface area contributed by atoms with Gasteiger partial charge in [0.25, 0.3) is 0 Å². The SMILES string of the molecule is C=CCSC1=N[C@@]2(C[C@H](c3ccc(C)cc3)c3c(C)cc(OC(C)=O)cc3O2)CC(C)(C)N1. The van der Waals surface area contributed by atoms with Crippen molar-refractivity contribution in [3.63, 3.8) is 0 Å². The van der Waals surface area contributed by atoms with Crippen LogP contribution in [0.25, 0.3) is 0 Å². The Balaban J connectivity index is 1.86. The molecular formula is C27H32N2O3S. The number of amidine groups is 1. The molecule has 2 heterocycles. The number of aryl methyl sites for hydroxylation is 2. The molecule has 0 radical (unpaired) electrons. The quantitative estimate of drug-likeness (QED) is 0.347. The number of fused-ring (bicyclic) bond motifs is 1. The minimum atomic E-state index is -0.720. The number of benzene rings is 2. The zero-order valence-corrected chi connectivity index (χ0v) is 20.8. The zero-order chi connectivity index (χ0) is 23.8. The molecule has 1 spiro atoms. The first kappa shape index (κ1) is 23.4. The second-order valence-corrected chi connectivity index (χ2v) is 10.7. The van der Waals surface area contributed by atoms with Crippen LogP contribution in [-0.2, 0) is 4.79 Å². The normalized spacial score (nSPS) is 23.1. The standard InChI is InChI=1S/C27H32N2O3S/c1-7-12-33-25-28-26(5,6)16-27(29-25)15-22(20-10-8-17(2)9-11-20)24-18(3)13-21(31-19(4)30)14-23(24)32-27/h7-11,13-14,22H,1,12,15-16H2,2-6H3,(H,28,29)/t22-,27-/m1/s1. The molecule has 1 N–H and O–H groups in total. The minimum Gasteiger partial charge on any atom is -0.466 e. The van der Waals surface area contributed by atoms with Crippen molar-refractivity contribution in [2.24, 2.45) is 4.99 Å². The fourth-order valence-electron chi connectivity index (χ4n) is 4.90. The summed E-state index contributed by atoms with van der Waals surface area (Å²) in [6.07, 6.45) is 3.33. The van der Waals surface area contributed by atoms with Gasteiger partial charge in [-0.1, -0.05) is 47.7 Å². The minimum absolute atomic E-state index is 0.115. The van der Waals surface area contributed by atoms with Crippen molar-refractivity contribution in [2.75, 3.05) is 5.75 Å². The topological polar surface area (TPSA) is 59.9 Å². The Morgan fingerprint density at radius 1 is 1.30 bits per heavy atom. The van der Waals surface area contributed by atoms with Gasteiger partial charge in [0.1, 0.15) is 11.5 Å². The van der Waals surface area contributed by atoms with Gasteiger partial charge in [-0.05, 0) is 44.9 Å². The Labute approximate surface area is 200 Å². The van der Waals surface area contributed by atoms with Gasteiger partial charge in [-0.2, -0.15) is 0 Å². The van der Waals surface area contributed by atoms with E-state index in [0.29, 0.717) is 5.75 Å². The van der Waals surface area contributed by atoms with Crippen molar-refractivity contribution in [1.82, 2.24) is 5.32 Å². The highest BCUT2D eigenvalue weighted by Gasteiger charge is 2.48. The van der Waals surface area contributed by atoms with Crippen molar-refractivity contribution in [3.05, 3.63) is 71.3 Å². The van der Waals surface area contributed by atoms with Crippen LogP contribution in [0, 0.1) is 13.8 Å². The summed E-state index contributed by atoms with van der Waals surface area (Å²) in [5, 5.41) is 4.42. The van der Waals surface area contributed by atoms with Gasteiger partial charge in [0.15, 0.2) is 5.17 Å². The molecule has 0 aromatic heterocycles. The molecule has 0 bridgehead atoms. The van der Waals surface area contributed by atoms with E-state index in [2.05, 4.69) is 63.9 Å². The van der Waals surface area contributed by atoms with Gasteiger partial charge in [0.05, 0.1) is 0 Å². The summed E-state index contributed by atoms with van der Waals surface area (Å²) in [4.78, 5) is 16.7. The van der Waals surface area contributed by atoms with Crippen molar-refractivity contribution in [1.29, 1.82) is 0 Å². The highest BCUT2D eigenvalue weighted by molar-refractivity contribution is 8.13. The summed E-state index contributed by atoms with van der Waals surface area (Å²) < 4.78 is 12.2. The predicted octanol–water partition coefficient (Wildman–Crippen LogP) is 5.89. The van der Waals surface area contributed by atoms with E-state index in [4.69, 9.17) is 14.5 Å². The number of rotatable bonds is 4. The smallest absolute Gasteiger partial charge is 0.308 e. The van der Waals surface area contributed by atoms with E-state index in [-0.39, 0.29) is 17.4 Å². The number of nitrogens with one attached hydrogen (secondary N) is 1. The number of hydrogen-bond acceptors (Lipinski definition) is 6. The Bertz CT molecular complexity index is 1110. The van der Waals surface area contributed by atoms with Gasteiger partial charge < -0.3 is 14.8 Å². The van der Waals surface area contributed by atoms with Gasteiger partial charge in [-0.3, -0.25) is 4.79 Å². The molecule has 0 aliphatic carbocycles. The third-order valence-corrected chi connectivity index (χ3v) is 6.91. The number of ether oxygens (including phenoxy) is 2. The van der Waals surface area contributed by atoms with E-state index in [1.807, 2.05) is 18.2 Å². The zero-order valence-electron chi connectivity index (χ0n) is 20.0. The lowest BCUT2D eigenvalue weighted by atomic mass is 9.76. The third kappa shape index (κ3) is 5.11. The number of esters is 1. The molecule has 174 valence electrons. The van der Waals surface area contributed by atoms with Gasteiger partial charge in [0.2, 0.25) is 5.72 Å². The molecule has 5 nitrogen and oxygen atoms in total. The summed E-state index contributed by atoms with van der Waals surface area (Å²) in [5.74, 6) is 1.77. The van der Waals surface area contributed by atoms with Crippen LogP contribution in [0.1, 0.15) is 61.8 Å². The van der Waals surface area contributed by atoms with Crippen LogP contribution < -0.4 is 14.8 Å². The van der Waals surface area contributed by atoms with Crippen molar-refractivity contribution in [2.45, 2.75) is 64.6 Å². The Morgan fingerprint density at radius 2 is 2.03 bits per heavy atom. The van der Waals surface area contributed by atoms with E-state index >= 15 is 0 Å². The van der Waals surface area contributed by atoms with E-state index < -0.39 is 5.72 Å². The van der Waals surface area contributed by atoms with E-state index in [0.717, 1.165) is 40.6 Å². The second-order valence-electron chi connectivity index (χ2n) is 9.66. The molecule has 2 aliphatic heterocycles. The molecule has 0 fully saturated rings. The monoisotopic (exact) mass is 464 g/mol. The Hall–Kier alpha value is -2.73. The van der Waals surface area contributed by atoms with Crippen LogP contribution in [0.15, 0.2) is 54.0 Å². The second kappa shape index (κ2) is 8.90. The summed E-state index contributed by atoms with van der Waals surface area (Å²) in [6.45, 7) is 13.8. The molecule has 0 saturated carbocycles.